The number of hydrogen-bond donors (Lipinski definition) is 1. The van der Waals surface area contributed by atoms with Crippen molar-refractivity contribution in [2.45, 2.75) is 13.0 Å². The standard InChI is InChI=1S/C16H16N2O5/c1-11(23-15-10-6-4-8-13(15)18(20)21)16(19)17-12-7-3-5-9-14(12)22-2/h3-11H,1-2H3,(H,17,19). The molecule has 2 rings (SSSR count). The maximum Gasteiger partial charge on any atom is 0.310 e. The fourth-order valence-electron chi connectivity index (χ4n) is 1.93. The molecular weight excluding hydrogens is 300 g/mol. The lowest BCUT2D eigenvalue weighted by molar-refractivity contribution is -0.386. The number of carbonyl (C=O) groups is 1. The van der Waals surface area contributed by atoms with Gasteiger partial charge in [0.15, 0.2) is 11.9 Å². The van der Waals surface area contributed by atoms with Crippen LogP contribution >= 0.6 is 0 Å². The molecule has 1 N–H and O–H groups in total. The normalized spacial score (nSPS) is 11.4. The van der Waals surface area contributed by atoms with Crippen molar-refractivity contribution in [3.05, 3.63) is 58.6 Å². The molecule has 0 heterocycles. The largest absolute Gasteiger partial charge is 0.495 e. The average molecular weight is 316 g/mol. The molecule has 0 bridgehead atoms. The minimum atomic E-state index is -0.916. The first kappa shape index (κ1) is 16.3. The summed E-state index contributed by atoms with van der Waals surface area (Å²) in [6, 6.07) is 12.8. The molecule has 0 aromatic heterocycles. The summed E-state index contributed by atoms with van der Waals surface area (Å²) in [5, 5.41) is 13.6. The van der Waals surface area contributed by atoms with Crippen LogP contribution in [0.5, 0.6) is 11.5 Å². The quantitative estimate of drug-likeness (QED) is 0.653. The van der Waals surface area contributed by atoms with Crippen LogP contribution in [0.3, 0.4) is 0 Å². The predicted molar refractivity (Wildman–Crippen MR) is 84.8 cm³/mol. The number of hydrogen-bond acceptors (Lipinski definition) is 5. The molecule has 0 fully saturated rings. The van der Waals surface area contributed by atoms with E-state index in [0.29, 0.717) is 11.4 Å². The number of nitrogens with one attached hydrogen (secondary N) is 1. The molecule has 23 heavy (non-hydrogen) atoms. The van der Waals surface area contributed by atoms with E-state index in [2.05, 4.69) is 5.32 Å². The number of rotatable bonds is 6. The second-order valence-electron chi connectivity index (χ2n) is 4.67. The topological polar surface area (TPSA) is 90.7 Å². The second kappa shape index (κ2) is 7.26. The minimum absolute atomic E-state index is 0.0418. The molecule has 1 atom stereocenters. The molecule has 1 amide bonds. The number of para-hydroxylation sites is 4. The van der Waals surface area contributed by atoms with Crippen molar-refractivity contribution >= 4 is 17.3 Å². The Kier molecular flexibility index (Phi) is 5.14. The molecule has 2 aromatic carbocycles. The smallest absolute Gasteiger partial charge is 0.310 e. The Morgan fingerprint density at radius 2 is 1.74 bits per heavy atom. The maximum atomic E-state index is 12.2. The summed E-state index contributed by atoms with van der Waals surface area (Å²) in [5.41, 5.74) is 0.308. The van der Waals surface area contributed by atoms with Gasteiger partial charge in [0.05, 0.1) is 17.7 Å². The third-order valence-corrected chi connectivity index (χ3v) is 3.10. The van der Waals surface area contributed by atoms with Gasteiger partial charge in [-0.05, 0) is 25.1 Å². The maximum absolute atomic E-state index is 12.2. The van der Waals surface area contributed by atoms with Gasteiger partial charge in [0.25, 0.3) is 5.91 Å². The van der Waals surface area contributed by atoms with Crippen molar-refractivity contribution in [3.8, 4) is 11.5 Å². The van der Waals surface area contributed by atoms with Crippen molar-refractivity contribution < 1.29 is 19.2 Å². The van der Waals surface area contributed by atoms with E-state index in [-0.39, 0.29) is 11.4 Å². The van der Waals surface area contributed by atoms with Crippen LogP contribution < -0.4 is 14.8 Å². The van der Waals surface area contributed by atoms with E-state index in [1.54, 1.807) is 30.3 Å². The van der Waals surface area contributed by atoms with Gasteiger partial charge >= 0.3 is 5.69 Å². The fraction of sp³-hybridized carbons (Fsp3) is 0.188. The highest BCUT2D eigenvalue weighted by molar-refractivity contribution is 5.95. The lowest BCUT2D eigenvalue weighted by Gasteiger charge is -2.16. The number of nitrogens with zero attached hydrogens (tertiary/aromatic N) is 1. The Morgan fingerprint density at radius 3 is 2.39 bits per heavy atom. The molecule has 0 aliphatic rings. The van der Waals surface area contributed by atoms with Crippen LogP contribution in [-0.4, -0.2) is 24.0 Å². The van der Waals surface area contributed by atoms with Crippen LogP contribution in [0.15, 0.2) is 48.5 Å². The summed E-state index contributed by atoms with van der Waals surface area (Å²) in [4.78, 5) is 22.6. The molecule has 2 aromatic rings. The first-order valence-electron chi connectivity index (χ1n) is 6.87. The second-order valence-corrected chi connectivity index (χ2v) is 4.67. The van der Waals surface area contributed by atoms with E-state index in [1.807, 2.05) is 0 Å². The molecule has 120 valence electrons. The lowest BCUT2D eigenvalue weighted by Crippen LogP contribution is -2.30. The number of amides is 1. The summed E-state index contributed by atoms with van der Waals surface area (Å²) in [6.07, 6.45) is -0.916. The Balaban J connectivity index is 2.10. The van der Waals surface area contributed by atoms with Crippen LogP contribution in [0, 0.1) is 10.1 Å². The third-order valence-electron chi connectivity index (χ3n) is 3.10. The van der Waals surface area contributed by atoms with E-state index in [9.17, 15) is 14.9 Å². The zero-order valence-electron chi connectivity index (χ0n) is 12.7. The molecule has 1 unspecified atom stereocenters. The molecule has 7 heteroatoms. The first-order chi connectivity index (χ1) is 11.0. The molecular formula is C16H16N2O5. The summed E-state index contributed by atoms with van der Waals surface area (Å²) in [5.74, 6) is 0.117. The van der Waals surface area contributed by atoms with Gasteiger partial charge in [0.1, 0.15) is 5.75 Å². The van der Waals surface area contributed by atoms with Crippen molar-refractivity contribution in [2.75, 3.05) is 12.4 Å². The van der Waals surface area contributed by atoms with Crippen molar-refractivity contribution in [3.63, 3.8) is 0 Å². The molecule has 0 aliphatic carbocycles. The van der Waals surface area contributed by atoms with Gasteiger partial charge in [-0.2, -0.15) is 0 Å². The number of nitro groups is 1. The van der Waals surface area contributed by atoms with Crippen LogP contribution in [0.1, 0.15) is 6.92 Å². The van der Waals surface area contributed by atoms with E-state index in [1.165, 1.54) is 32.2 Å². The summed E-state index contributed by atoms with van der Waals surface area (Å²) in [6.45, 7) is 1.52. The number of carbonyl (C=O) groups excluding carboxylic acids is 1. The summed E-state index contributed by atoms with van der Waals surface area (Å²) in [7, 11) is 1.50. The Labute approximate surface area is 133 Å². The molecule has 0 aliphatic heterocycles. The molecule has 0 radical (unpaired) electrons. The van der Waals surface area contributed by atoms with E-state index >= 15 is 0 Å². The van der Waals surface area contributed by atoms with Gasteiger partial charge in [-0.3, -0.25) is 14.9 Å². The monoisotopic (exact) mass is 316 g/mol. The highest BCUT2D eigenvalue weighted by Crippen LogP contribution is 2.27. The Morgan fingerprint density at radius 1 is 1.13 bits per heavy atom. The summed E-state index contributed by atoms with van der Waals surface area (Å²) >= 11 is 0. The molecule has 0 saturated carbocycles. The van der Waals surface area contributed by atoms with E-state index in [0.717, 1.165) is 0 Å². The van der Waals surface area contributed by atoms with Gasteiger partial charge in [0, 0.05) is 6.07 Å². The fourth-order valence-corrected chi connectivity index (χ4v) is 1.93. The van der Waals surface area contributed by atoms with Crippen molar-refractivity contribution in [2.24, 2.45) is 0 Å². The van der Waals surface area contributed by atoms with Gasteiger partial charge in [-0.1, -0.05) is 24.3 Å². The molecule has 0 spiro atoms. The zero-order chi connectivity index (χ0) is 16.8. The summed E-state index contributed by atoms with van der Waals surface area (Å²) < 4.78 is 10.6. The number of anilines is 1. The van der Waals surface area contributed by atoms with Gasteiger partial charge in [0.2, 0.25) is 0 Å². The Bertz CT molecular complexity index is 717. The van der Waals surface area contributed by atoms with Crippen LogP contribution in [-0.2, 0) is 4.79 Å². The highest BCUT2D eigenvalue weighted by atomic mass is 16.6. The van der Waals surface area contributed by atoms with Gasteiger partial charge in [-0.15, -0.1) is 0 Å². The molecule has 7 nitrogen and oxygen atoms in total. The number of ether oxygens (including phenoxy) is 2. The lowest BCUT2D eigenvalue weighted by atomic mass is 10.2. The Hall–Kier alpha value is -3.09. The predicted octanol–water partition coefficient (Wildman–Crippen LogP) is 3.01. The number of methoxy groups -OCH3 is 1. The van der Waals surface area contributed by atoms with Crippen LogP contribution in [0.4, 0.5) is 11.4 Å². The van der Waals surface area contributed by atoms with Crippen molar-refractivity contribution in [1.29, 1.82) is 0 Å². The average Bonchev–Trinajstić information content (AvgIpc) is 2.55. The van der Waals surface area contributed by atoms with E-state index in [4.69, 9.17) is 9.47 Å². The van der Waals surface area contributed by atoms with Crippen LogP contribution in [0.2, 0.25) is 0 Å². The number of nitro benzene ring substituents is 1. The zero-order valence-corrected chi connectivity index (χ0v) is 12.7. The van der Waals surface area contributed by atoms with Crippen molar-refractivity contribution in [1.82, 2.24) is 0 Å². The first-order valence-corrected chi connectivity index (χ1v) is 6.87. The number of benzene rings is 2. The van der Waals surface area contributed by atoms with Gasteiger partial charge < -0.3 is 14.8 Å². The SMILES string of the molecule is COc1ccccc1NC(=O)C(C)Oc1ccccc1[N+](=O)[O-]. The van der Waals surface area contributed by atoms with E-state index < -0.39 is 16.9 Å². The van der Waals surface area contributed by atoms with Gasteiger partial charge in [-0.25, -0.2) is 0 Å². The minimum Gasteiger partial charge on any atom is -0.495 e. The highest BCUT2D eigenvalue weighted by Gasteiger charge is 2.21. The van der Waals surface area contributed by atoms with Crippen LogP contribution in [0.25, 0.3) is 0 Å². The molecule has 0 saturated heterocycles. The third kappa shape index (κ3) is 3.97.